The van der Waals surface area contributed by atoms with Crippen molar-refractivity contribution in [3.8, 4) is 0 Å². The smallest absolute Gasteiger partial charge is 0.246 e. The Morgan fingerprint density at radius 3 is 2.84 bits per heavy atom. The number of morpholine rings is 1. The molecule has 0 bridgehead atoms. The van der Waals surface area contributed by atoms with Gasteiger partial charge in [-0.3, -0.25) is 4.79 Å². The number of rotatable bonds is 2. The van der Waals surface area contributed by atoms with Gasteiger partial charge in [0.15, 0.2) is 6.29 Å². The molecule has 0 aromatic heterocycles. The Bertz CT molecular complexity index is 484. The van der Waals surface area contributed by atoms with Crippen molar-refractivity contribution in [2.45, 2.75) is 18.8 Å². The van der Waals surface area contributed by atoms with Gasteiger partial charge in [0.05, 0.1) is 25.4 Å². The summed E-state index contributed by atoms with van der Waals surface area (Å²) in [6, 6.07) is 7.90. The van der Waals surface area contributed by atoms with E-state index in [4.69, 9.17) is 14.2 Å². The quantitative estimate of drug-likeness (QED) is 0.868. The second-order valence-corrected chi connectivity index (χ2v) is 5.07. The summed E-state index contributed by atoms with van der Waals surface area (Å²) in [6.45, 7) is 3.79. The van der Waals surface area contributed by atoms with E-state index in [9.17, 15) is 4.79 Å². The molecule has 1 atom stereocenters. The van der Waals surface area contributed by atoms with E-state index in [1.54, 1.807) is 0 Å². The molecule has 1 N–H and O–H groups in total. The first kappa shape index (κ1) is 12.6. The predicted octanol–water partition coefficient (Wildman–Crippen LogP) is 1.09. The molecule has 2 fully saturated rings. The van der Waals surface area contributed by atoms with E-state index in [2.05, 4.69) is 5.32 Å². The molecule has 102 valence electrons. The van der Waals surface area contributed by atoms with Crippen molar-refractivity contribution in [2.24, 2.45) is 0 Å². The number of amides is 1. The minimum absolute atomic E-state index is 0.0903. The van der Waals surface area contributed by atoms with Gasteiger partial charge < -0.3 is 19.5 Å². The molecule has 1 amide bonds. The minimum atomic E-state index is -0.496. The zero-order valence-electron chi connectivity index (χ0n) is 10.8. The van der Waals surface area contributed by atoms with Crippen LogP contribution in [0.25, 0.3) is 0 Å². The summed E-state index contributed by atoms with van der Waals surface area (Å²) < 4.78 is 16.3. The maximum absolute atomic E-state index is 11.5. The second-order valence-electron chi connectivity index (χ2n) is 5.07. The summed E-state index contributed by atoms with van der Waals surface area (Å²) in [5.41, 5.74) is 1.47. The van der Waals surface area contributed by atoms with Crippen molar-refractivity contribution in [3.05, 3.63) is 35.4 Å². The van der Waals surface area contributed by atoms with Gasteiger partial charge >= 0.3 is 0 Å². The fraction of sp³-hybridized carbons (Fsp3) is 0.500. The van der Waals surface area contributed by atoms with Crippen LogP contribution in [0.3, 0.4) is 0 Å². The molecule has 2 aliphatic rings. The van der Waals surface area contributed by atoms with Gasteiger partial charge in [0.25, 0.3) is 0 Å². The van der Waals surface area contributed by atoms with Crippen molar-refractivity contribution < 1.29 is 19.0 Å². The lowest BCUT2D eigenvalue weighted by Crippen LogP contribution is -2.52. The fourth-order valence-corrected chi connectivity index (χ4v) is 2.46. The molecule has 5 nitrogen and oxygen atoms in total. The zero-order valence-corrected chi connectivity index (χ0v) is 10.8. The van der Waals surface area contributed by atoms with Crippen LogP contribution in [0.2, 0.25) is 0 Å². The molecule has 2 saturated heterocycles. The van der Waals surface area contributed by atoms with Crippen LogP contribution < -0.4 is 5.32 Å². The SMILES string of the molecule is C[C@]1(c2cccc(C3OCCO3)c2)COCC(=O)N1. The highest BCUT2D eigenvalue weighted by atomic mass is 16.7. The van der Waals surface area contributed by atoms with Crippen molar-refractivity contribution in [1.29, 1.82) is 0 Å². The van der Waals surface area contributed by atoms with Gasteiger partial charge in [-0.2, -0.15) is 0 Å². The summed E-state index contributed by atoms with van der Waals surface area (Å²) in [6.07, 6.45) is -0.302. The minimum Gasteiger partial charge on any atom is -0.369 e. The lowest BCUT2D eigenvalue weighted by atomic mass is 9.90. The zero-order chi connectivity index (χ0) is 13.3. The van der Waals surface area contributed by atoms with Gasteiger partial charge in [0, 0.05) is 5.56 Å². The van der Waals surface area contributed by atoms with Crippen molar-refractivity contribution in [2.75, 3.05) is 26.4 Å². The van der Waals surface area contributed by atoms with E-state index in [-0.39, 0.29) is 18.8 Å². The third kappa shape index (κ3) is 2.49. The summed E-state index contributed by atoms with van der Waals surface area (Å²) in [5.74, 6) is -0.0903. The first-order chi connectivity index (χ1) is 9.17. The first-order valence-electron chi connectivity index (χ1n) is 6.40. The van der Waals surface area contributed by atoms with Crippen molar-refractivity contribution in [1.82, 2.24) is 5.32 Å². The van der Waals surface area contributed by atoms with Crippen LogP contribution in [0.1, 0.15) is 24.3 Å². The topological polar surface area (TPSA) is 56.8 Å². The molecule has 0 spiro atoms. The Kier molecular flexibility index (Phi) is 3.26. The maximum Gasteiger partial charge on any atom is 0.246 e. The number of ether oxygens (including phenoxy) is 3. The predicted molar refractivity (Wildman–Crippen MR) is 67.4 cm³/mol. The van der Waals surface area contributed by atoms with Crippen LogP contribution >= 0.6 is 0 Å². The molecule has 3 rings (SSSR count). The molecule has 1 aromatic carbocycles. The van der Waals surface area contributed by atoms with Crippen LogP contribution in [-0.2, 0) is 24.5 Å². The van der Waals surface area contributed by atoms with E-state index in [0.717, 1.165) is 11.1 Å². The molecular weight excluding hydrogens is 246 g/mol. The van der Waals surface area contributed by atoms with Crippen LogP contribution in [0.15, 0.2) is 24.3 Å². The van der Waals surface area contributed by atoms with Crippen LogP contribution in [0, 0.1) is 0 Å². The third-order valence-electron chi connectivity index (χ3n) is 3.46. The average molecular weight is 263 g/mol. The maximum atomic E-state index is 11.5. The number of carbonyl (C=O) groups is 1. The van der Waals surface area contributed by atoms with Crippen molar-refractivity contribution >= 4 is 5.91 Å². The second kappa shape index (κ2) is 4.92. The molecule has 0 saturated carbocycles. The molecule has 0 radical (unpaired) electrons. The Morgan fingerprint density at radius 2 is 2.11 bits per heavy atom. The number of hydrogen-bond acceptors (Lipinski definition) is 4. The van der Waals surface area contributed by atoms with Gasteiger partial charge in [0.2, 0.25) is 5.91 Å². The number of hydrogen-bond donors (Lipinski definition) is 1. The average Bonchev–Trinajstić information content (AvgIpc) is 2.92. The highest BCUT2D eigenvalue weighted by molar-refractivity contribution is 5.79. The number of carbonyl (C=O) groups excluding carboxylic acids is 1. The van der Waals surface area contributed by atoms with Gasteiger partial charge in [-0.05, 0) is 18.6 Å². The summed E-state index contributed by atoms with van der Waals surface area (Å²) in [4.78, 5) is 11.5. The van der Waals surface area contributed by atoms with E-state index in [1.165, 1.54) is 0 Å². The van der Waals surface area contributed by atoms with E-state index in [1.807, 2.05) is 31.2 Å². The fourth-order valence-electron chi connectivity index (χ4n) is 2.46. The Balaban J connectivity index is 1.87. The summed E-state index contributed by atoms with van der Waals surface area (Å²) in [7, 11) is 0. The monoisotopic (exact) mass is 263 g/mol. The highest BCUT2D eigenvalue weighted by Crippen LogP contribution is 2.29. The number of benzene rings is 1. The first-order valence-corrected chi connectivity index (χ1v) is 6.40. The molecular formula is C14H17NO4. The van der Waals surface area contributed by atoms with Crippen LogP contribution in [-0.4, -0.2) is 32.3 Å². The van der Waals surface area contributed by atoms with E-state index in [0.29, 0.717) is 19.8 Å². The molecule has 2 heterocycles. The molecule has 5 heteroatoms. The molecule has 0 aliphatic carbocycles. The Labute approximate surface area is 111 Å². The van der Waals surface area contributed by atoms with Crippen LogP contribution in [0.5, 0.6) is 0 Å². The van der Waals surface area contributed by atoms with E-state index >= 15 is 0 Å². The van der Waals surface area contributed by atoms with Gasteiger partial charge in [-0.15, -0.1) is 0 Å². The highest BCUT2D eigenvalue weighted by Gasteiger charge is 2.33. The largest absolute Gasteiger partial charge is 0.369 e. The number of nitrogens with one attached hydrogen (secondary N) is 1. The van der Waals surface area contributed by atoms with Gasteiger partial charge in [0.1, 0.15) is 6.61 Å². The molecule has 2 aliphatic heterocycles. The normalized spacial score (nSPS) is 28.4. The molecule has 19 heavy (non-hydrogen) atoms. The summed E-state index contributed by atoms with van der Waals surface area (Å²) in [5, 5.41) is 2.98. The van der Waals surface area contributed by atoms with Gasteiger partial charge in [-0.25, -0.2) is 0 Å². The van der Waals surface area contributed by atoms with Crippen molar-refractivity contribution in [3.63, 3.8) is 0 Å². The van der Waals surface area contributed by atoms with Crippen LogP contribution in [0.4, 0.5) is 0 Å². The third-order valence-corrected chi connectivity index (χ3v) is 3.46. The summed E-state index contributed by atoms with van der Waals surface area (Å²) >= 11 is 0. The lowest BCUT2D eigenvalue weighted by Gasteiger charge is -2.35. The molecule has 0 unspecified atom stereocenters. The Hall–Kier alpha value is -1.43. The van der Waals surface area contributed by atoms with Gasteiger partial charge in [-0.1, -0.05) is 18.2 Å². The van der Waals surface area contributed by atoms with E-state index < -0.39 is 5.54 Å². The molecule has 1 aromatic rings. The standard InChI is InChI=1S/C14H17NO4/c1-14(9-17-8-12(16)15-14)11-4-2-3-10(7-11)13-18-5-6-19-13/h2-4,7,13H,5-6,8-9H2,1H3,(H,15,16)/t14-/m1/s1. The lowest BCUT2D eigenvalue weighted by molar-refractivity contribution is -0.135. The Morgan fingerprint density at radius 1 is 1.32 bits per heavy atom.